The molecule has 0 spiro atoms. The molecule has 0 amide bonds. The molecule has 0 aromatic heterocycles. The van der Waals surface area contributed by atoms with Crippen molar-refractivity contribution in [3.8, 4) is 0 Å². The van der Waals surface area contributed by atoms with E-state index in [1.165, 1.54) is 51.0 Å². The molecule has 1 fully saturated rings. The van der Waals surface area contributed by atoms with Crippen LogP contribution in [0.25, 0.3) is 0 Å². The van der Waals surface area contributed by atoms with Gasteiger partial charge in [0.2, 0.25) is 0 Å². The van der Waals surface area contributed by atoms with Crippen LogP contribution in [0.15, 0.2) is 28.7 Å². The van der Waals surface area contributed by atoms with Crippen LogP contribution in [0.3, 0.4) is 0 Å². The Kier molecular flexibility index (Phi) is 7.21. The average molecular weight is 353 g/mol. The van der Waals surface area contributed by atoms with E-state index in [-0.39, 0.29) is 0 Å². The van der Waals surface area contributed by atoms with E-state index in [0.717, 1.165) is 16.8 Å². The maximum atomic E-state index is 3.55. The molecule has 3 heteroatoms. The molecule has 0 aliphatic carbocycles. The lowest BCUT2D eigenvalue weighted by Gasteiger charge is -2.34. The van der Waals surface area contributed by atoms with E-state index in [1.807, 2.05) is 0 Å². The molecule has 2 atom stereocenters. The van der Waals surface area contributed by atoms with Gasteiger partial charge >= 0.3 is 0 Å². The van der Waals surface area contributed by atoms with Gasteiger partial charge in [0.05, 0.1) is 0 Å². The fraction of sp³-hybridized carbons (Fsp3) is 0.667. The Labute approximate surface area is 138 Å². The minimum atomic E-state index is 0.619. The van der Waals surface area contributed by atoms with Crippen LogP contribution in [-0.2, 0) is 6.42 Å². The first kappa shape index (κ1) is 17.0. The number of nitrogens with zero attached hydrogens (tertiary/aromatic N) is 1. The summed E-state index contributed by atoms with van der Waals surface area (Å²) < 4.78 is 1.16. The number of rotatable bonds is 7. The molecular formula is C18H29BrN2. The third kappa shape index (κ3) is 5.72. The average Bonchev–Trinajstić information content (AvgIpc) is 2.50. The summed E-state index contributed by atoms with van der Waals surface area (Å²) in [6, 6.07) is 9.40. The van der Waals surface area contributed by atoms with Gasteiger partial charge in [-0.05, 0) is 75.9 Å². The van der Waals surface area contributed by atoms with Gasteiger partial charge in [-0.3, -0.25) is 0 Å². The van der Waals surface area contributed by atoms with E-state index in [2.05, 4.69) is 64.3 Å². The number of hydrogen-bond acceptors (Lipinski definition) is 2. The second-order valence-electron chi connectivity index (χ2n) is 6.39. The van der Waals surface area contributed by atoms with Gasteiger partial charge in [0.1, 0.15) is 0 Å². The van der Waals surface area contributed by atoms with E-state index in [1.54, 1.807) is 0 Å². The second kappa shape index (κ2) is 8.92. The lowest BCUT2D eigenvalue weighted by molar-refractivity contribution is 0.161. The van der Waals surface area contributed by atoms with E-state index >= 15 is 0 Å². The van der Waals surface area contributed by atoms with E-state index in [4.69, 9.17) is 0 Å². The minimum Gasteiger partial charge on any atom is -0.316 e. The smallest absolute Gasteiger partial charge is 0.0175 e. The van der Waals surface area contributed by atoms with Crippen LogP contribution in [0.1, 0.15) is 38.7 Å². The molecule has 2 rings (SSSR count). The molecule has 2 unspecified atom stereocenters. The highest BCUT2D eigenvalue weighted by Crippen LogP contribution is 2.17. The molecule has 0 radical (unpaired) electrons. The molecule has 2 nitrogen and oxygen atoms in total. The highest BCUT2D eigenvalue weighted by molar-refractivity contribution is 9.10. The number of halogens is 1. The molecular weight excluding hydrogens is 324 g/mol. The van der Waals surface area contributed by atoms with Gasteiger partial charge in [0, 0.05) is 17.1 Å². The monoisotopic (exact) mass is 352 g/mol. The molecule has 0 bridgehead atoms. The van der Waals surface area contributed by atoms with E-state index < -0.39 is 0 Å². The zero-order chi connectivity index (χ0) is 15.1. The van der Waals surface area contributed by atoms with Crippen molar-refractivity contribution in [3.05, 3.63) is 34.3 Å². The Hall–Kier alpha value is -0.380. The minimum absolute atomic E-state index is 0.619. The molecule has 1 aromatic carbocycles. The summed E-state index contributed by atoms with van der Waals surface area (Å²) in [5, 5.41) is 3.55. The lowest BCUT2D eigenvalue weighted by Crippen LogP contribution is -2.43. The normalized spacial score (nSPS) is 20.7. The molecule has 1 saturated heterocycles. The Morgan fingerprint density at radius 3 is 2.71 bits per heavy atom. The summed E-state index contributed by atoms with van der Waals surface area (Å²) in [5.41, 5.74) is 1.44. The van der Waals surface area contributed by atoms with Gasteiger partial charge in [-0.2, -0.15) is 0 Å². The van der Waals surface area contributed by atoms with Gasteiger partial charge in [-0.1, -0.05) is 35.0 Å². The van der Waals surface area contributed by atoms with Crippen LogP contribution in [0, 0.1) is 5.92 Å². The van der Waals surface area contributed by atoms with Gasteiger partial charge in [-0.25, -0.2) is 0 Å². The summed E-state index contributed by atoms with van der Waals surface area (Å²) in [6.07, 6.45) is 5.11. The third-order valence-corrected chi connectivity index (χ3v) is 5.00. The Morgan fingerprint density at radius 1 is 1.33 bits per heavy atom. The first-order valence-electron chi connectivity index (χ1n) is 8.38. The van der Waals surface area contributed by atoms with Crippen molar-refractivity contribution in [2.24, 2.45) is 5.92 Å². The Morgan fingerprint density at radius 2 is 2.10 bits per heavy atom. The van der Waals surface area contributed by atoms with E-state index in [0.29, 0.717) is 6.04 Å². The van der Waals surface area contributed by atoms with Crippen LogP contribution in [0.4, 0.5) is 0 Å². The highest BCUT2D eigenvalue weighted by Gasteiger charge is 2.20. The van der Waals surface area contributed by atoms with Crippen molar-refractivity contribution in [1.82, 2.24) is 10.2 Å². The standard InChI is InChI=1S/C18H29BrN2/c1-3-11-21(14-17-5-4-10-20-13-17)15(2)12-16-6-8-18(19)9-7-16/h6-9,15,17,20H,3-5,10-14H2,1-2H3. The zero-order valence-corrected chi connectivity index (χ0v) is 15.0. The Bertz CT molecular complexity index is 398. The first-order valence-corrected chi connectivity index (χ1v) is 9.17. The number of benzene rings is 1. The summed E-state index contributed by atoms with van der Waals surface area (Å²) in [6.45, 7) is 9.54. The summed E-state index contributed by atoms with van der Waals surface area (Å²) >= 11 is 3.51. The molecule has 1 aromatic rings. The van der Waals surface area contributed by atoms with Crippen molar-refractivity contribution in [2.45, 2.75) is 45.6 Å². The number of hydrogen-bond donors (Lipinski definition) is 1. The predicted octanol–water partition coefficient (Wildman–Crippen LogP) is 4.09. The maximum Gasteiger partial charge on any atom is 0.0175 e. The van der Waals surface area contributed by atoms with Crippen molar-refractivity contribution in [3.63, 3.8) is 0 Å². The zero-order valence-electron chi connectivity index (χ0n) is 13.4. The summed E-state index contributed by atoms with van der Waals surface area (Å²) in [5.74, 6) is 0.831. The fourth-order valence-electron chi connectivity index (χ4n) is 3.28. The van der Waals surface area contributed by atoms with Crippen LogP contribution in [0.2, 0.25) is 0 Å². The number of nitrogens with one attached hydrogen (secondary N) is 1. The fourth-order valence-corrected chi connectivity index (χ4v) is 3.55. The molecule has 21 heavy (non-hydrogen) atoms. The van der Waals surface area contributed by atoms with Crippen molar-refractivity contribution >= 4 is 15.9 Å². The lowest BCUT2D eigenvalue weighted by atomic mass is 9.97. The molecule has 1 heterocycles. The van der Waals surface area contributed by atoms with Crippen molar-refractivity contribution < 1.29 is 0 Å². The molecule has 118 valence electrons. The highest BCUT2D eigenvalue weighted by atomic mass is 79.9. The number of piperidine rings is 1. The van der Waals surface area contributed by atoms with Gasteiger partial charge in [0.15, 0.2) is 0 Å². The Balaban J connectivity index is 1.90. The SMILES string of the molecule is CCCN(CC1CCCNC1)C(C)Cc1ccc(Br)cc1. The predicted molar refractivity (Wildman–Crippen MR) is 94.8 cm³/mol. The summed E-state index contributed by atoms with van der Waals surface area (Å²) in [7, 11) is 0. The molecule has 1 aliphatic rings. The van der Waals surface area contributed by atoms with Crippen LogP contribution in [0.5, 0.6) is 0 Å². The van der Waals surface area contributed by atoms with Crippen LogP contribution in [-0.4, -0.2) is 37.1 Å². The summed E-state index contributed by atoms with van der Waals surface area (Å²) in [4.78, 5) is 2.69. The second-order valence-corrected chi connectivity index (χ2v) is 7.30. The first-order chi connectivity index (χ1) is 10.2. The van der Waals surface area contributed by atoms with Crippen LogP contribution >= 0.6 is 15.9 Å². The topological polar surface area (TPSA) is 15.3 Å². The molecule has 1 N–H and O–H groups in total. The van der Waals surface area contributed by atoms with Gasteiger partial charge in [-0.15, -0.1) is 0 Å². The van der Waals surface area contributed by atoms with Crippen LogP contribution < -0.4 is 5.32 Å². The van der Waals surface area contributed by atoms with Crippen molar-refractivity contribution in [1.29, 1.82) is 0 Å². The maximum absolute atomic E-state index is 3.55. The van der Waals surface area contributed by atoms with Crippen molar-refractivity contribution in [2.75, 3.05) is 26.2 Å². The largest absolute Gasteiger partial charge is 0.316 e. The van der Waals surface area contributed by atoms with Gasteiger partial charge < -0.3 is 10.2 Å². The molecule has 0 saturated carbocycles. The third-order valence-electron chi connectivity index (χ3n) is 4.47. The quantitative estimate of drug-likeness (QED) is 0.794. The van der Waals surface area contributed by atoms with Gasteiger partial charge in [0.25, 0.3) is 0 Å². The van der Waals surface area contributed by atoms with E-state index in [9.17, 15) is 0 Å². The molecule has 1 aliphatic heterocycles.